The number of rotatable bonds is 5. The van der Waals surface area contributed by atoms with Gasteiger partial charge in [0, 0.05) is 5.69 Å². The van der Waals surface area contributed by atoms with Gasteiger partial charge in [0.25, 0.3) is 0 Å². The van der Waals surface area contributed by atoms with Gasteiger partial charge in [0.05, 0.1) is 0 Å². The molecule has 0 saturated carbocycles. The number of anilines is 1. The standard InChI is InChI=1S/C14H18N2O3/c1-4-5-12(13(17)18)16-14(19)15-11-7-6-9(2)8-10(11)3/h4,6-8,12H,1,5H2,2-3H3,(H,17,18)(H2,15,16,19). The SMILES string of the molecule is C=CCC(NC(=O)Nc1ccc(C)cc1C)C(=O)O. The van der Waals surface area contributed by atoms with Crippen LogP contribution in [0.3, 0.4) is 0 Å². The minimum Gasteiger partial charge on any atom is -0.480 e. The van der Waals surface area contributed by atoms with Gasteiger partial charge in [0.2, 0.25) is 0 Å². The number of hydrogen-bond acceptors (Lipinski definition) is 2. The molecule has 102 valence electrons. The summed E-state index contributed by atoms with van der Waals surface area (Å²) < 4.78 is 0. The molecule has 0 spiro atoms. The van der Waals surface area contributed by atoms with Gasteiger partial charge in [-0.25, -0.2) is 9.59 Å². The Bertz CT molecular complexity index is 497. The molecule has 1 aromatic carbocycles. The number of benzene rings is 1. The van der Waals surface area contributed by atoms with Crippen molar-refractivity contribution in [2.45, 2.75) is 26.3 Å². The van der Waals surface area contributed by atoms with Crippen molar-refractivity contribution in [3.05, 3.63) is 42.0 Å². The molecule has 1 rings (SSSR count). The summed E-state index contributed by atoms with van der Waals surface area (Å²) in [6.07, 6.45) is 1.63. The summed E-state index contributed by atoms with van der Waals surface area (Å²) >= 11 is 0. The topological polar surface area (TPSA) is 78.4 Å². The van der Waals surface area contributed by atoms with Crippen molar-refractivity contribution in [3.8, 4) is 0 Å². The predicted molar refractivity (Wildman–Crippen MR) is 74.3 cm³/mol. The van der Waals surface area contributed by atoms with Gasteiger partial charge in [0.1, 0.15) is 6.04 Å². The first-order valence-electron chi connectivity index (χ1n) is 5.92. The average molecular weight is 262 g/mol. The van der Waals surface area contributed by atoms with E-state index in [9.17, 15) is 9.59 Å². The van der Waals surface area contributed by atoms with Gasteiger partial charge in [-0.3, -0.25) is 0 Å². The van der Waals surface area contributed by atoms with Gasteiger partial charge in [-0.05, 0) is 31.9 Å². The van der Waals surface area contributed by atoms with Crippen LogP contribution < -0.4 is 10.6 Å². The lowest BCUT2D eigenvalue weighted by atomic mass is 10.1. The second-order valence-corrected chi connectivity index (χ2v) is 4.33. The number of carbonyl (C=O) groups is 2. The molecule has 1 unspecified atom stereocenters. The highest BCUT2D eigenvalue weighted by molar-refractivity contribution is 5.92. The van der Waals surface area contributed by atoms with E-state index in [1.807, 2.05) is 26.0 Å². The van der Waals surface area contributed by atoms with Crippen molar-refractivity contribution in [2.24, 2.45) is 0 Å². The Balaban J connectivity index is 2.68. The van der Waals surface area contributed by atoms with Crippen LogP contribution >= 0.6 is 0 Å². The zero-order chi connectivity index (χ0) is 14.4. The van der Waals surface area contributed by atoms with E-state index in [1.54, 1.807) is 6.07 Å². The molecular weight excluding hydrogens is 244 g/mol. The number of urea groups is 1. The van der Waals surface area contributed by atoms with Crippen molar-refractivity contribution in [3.63, 3.8) is 0 Å². The number of carboxylic acid groups (broad SMARTS) is 1. The lowest BCUT2D eigenvalue weighted by Gasteiger charge is -2.14. The lowest BCUT2D eigenvalue weighted by molar-refractivity contribution is -0.139. The van der Waals surface area contributed by atoms with E-state index < -0.39 is 18.0 Å². The molecule has 2 amide bonds. The van der Waals surface area contributed by atoms with Crippen molar-refractivity contribution >= 4 is 17.7 Å². The average Bonchev–Trinajstić information content (AvgIpc) is 2.32. The van der Waals surface area contributed by atoms with Crippen molar-refractivity contribution in [2.75, 3.05) is 5.32 Å². The Morgan fingerprint density at radius 1 is 1.42 bits per heavy atom. The first-order chi connectivity index (χ1) is 8.93. The Labute approximate surface area is 112 Å². The summed E-state index contributed by atoms with van der Waals surface area (Å²) in [5.41, 5.74) is 2.68. The van der Waals surface area contributed by atoms with Crippen LogP contribution in [0, 0.1) is 13.8 Å². The first kappa shape index (κ1) is 14.8. The fourth-order valence-electron chi connectivity index (χ4n) is 1.66. The number of aryl methyl sites for hydroxylation is 2. The molecule has 0 aliphatic heterocycles. The molecular formula is C14H18N2O3. The Morgan fingerprint density at radius 2 is 2.11 bits per heavy atom. The third kappa shape index (κ3) is 4.46. The molecule has 0 heterocycles. The molecule has 0 aliphatic rings. The zero-order valence-electron chi connectivity index (χ0n) is 11.1. The van der Waals surface area contributed by atoms with Gasteiger partial charge in [0.15, 0.2) is 0 Å². The van der Waals surface area contributed by atoms with Crippen LogP contribution in [-0.4, -0.2) is 23.1 Å². The lowest BCUT2D eigenvalue weighted by Crippen LogP contribution is -2.42. The smallest absolute Gasteiger partial charge is 0.326 e. The Kier molecular flexibility index (Phi) is 5.11. The number of hydrogen-bond donors (Lipinski definition) is 3. The molecule has 19 heavy (non-hydrogen) atoms. The van der Waals surface area contributed by atoms with Crippen LogP contribution in [0.5, 0.6) is 0 Å². The third-order valence-electron chi connectivity index (χ3n) is 2.64. The summed E-state index contributed by atoms with van der Waals surface area (Å²) in [5.74, 6) is -1.09. The van der Waals surface area contributed by atoms with Crippen molar-refractivity contribution in [1.29, 1.82) is 0 Å². The summed E-state index contributed by atoms with van der Waals surface area (Å²) in [4.78, 5) is 22.6. The second-order valence-electron chi connectivity index (χ2n) is 4.33. The molecule has 5 nitrogen and oxygen atoms in total. The highest BCUT2D eigenvalue weighted by atomic mass is 16.4. The maximum absolute atomic E-state index is 11.7. The molecule has 0 radical (unpaired) electrons. The summed E-state index contributed by atoms with van der Waals surface area (Å²) in [5, 5.41) is 13.9. The van der Waals surface area contributed by atoms with Crippen LogP contribution in [0.4, 0.5) is 10.5 Å². The van der Waals surface area contributed by atoms with Gasteiger partial charge in [-0.2, -0.15) is 0 Å². The monoisotopic (exact) mass is 262 g/mol. The van der Waals surface area contributed by atoms with E-state index in [1.165, 1.54) is 6.08 Å². The van der Waals surface area contributed by atoms with E-state index in [-0.39, 0.29) is 6.42 Å². The van der Waals surface area contributed by atoms with Gasteiger partial charge >= 0.3 is 12.0 Å². The summed E-state index contributed by atoms with van der Waals surface area (Å²) in [7, 11) is 0. The van der Waals surface area contributed by atoms with Gasteiger partial charge in [-0.15, -0.1) is 6.58 Å². The molecule has 1 atom stereocenters. The fourth-order valence-corrected chi connectivity index (χ4v) is 1.66. The Hall–Kier alpha value is -2.30. The van der Waals surface area contributed by atoms with Crippen molar-refractivity contribution < 1.29 is 14.7 Å². The van der Waals surface area contributed by atoms with E-state index >= 15 is 0 Å². The first-order valence-corrected chi connectivity index (χ1v) is 5.92. The summed E-state index contributed by atoms with van der Waals surface area (Å²) in [6.45, 7) is 7.30. The minimum atomic E-state index is -1.09. The largest absolute Gasteiger partial charge is 0.480 e. The van der Waals surface area contributed by atoms with Crippen LogP contribution in [0.15, 0.2) is 30.9 Å². The highest BCUT2D eigenvalue weighted by Gasteiger charge is 2.18. The number of amides is 2. The van der Waals surface area contributed by atoms with Crippen LogP contribution in [0.2, 0.25) is 0 Å². The van der Waals surface area contributed by atoms with Crippen LogP contribution in [0.25, 0.3) is 0 Å². The normalized spacial score (nSPS) is 11.5. The molecule has 5 heteroatoms. The van der Waals surface area contributed by atoms with Crippen molar-refractivity contribution in [1.82, 2.24) is 5.32 Å². The highest BCUT2D eigenvalue weighted by Crippen LogP contribution is 2.15. The zero-order valence-corrected chi connectivity index (χ0v) is 11.1. The predicted octanol–water partition coefficient (Wildman–Crippen LogP) is 2.45. The van der Waals surface area contributed by atoms with E-state index in [4.69, 9.17) is 5.11 Å². The molecule has 0 aliphatic carbocycles. The van der Waals surface area contributed by atoms with Gasteiger partial charge in [-0.1, -0.05) is 23.8 Å². The fraction of sp³-hybridized carbons (Fsp3) is 0.286. The summed E-state index contributed by atoms with van der Waals surface area (Å²) in [6, 6.07) is 4.09. The number of aliphatic carboxylic acids is 1. The van der Waals surface area contributed by atoms with E-state index in [2.05, 4.69) is 17.2 Å². The molecule has 0 bridgehead atoms. The van der Waals surface area contributed by atoms with E-state index in [0.29, 0.717) is 5.69 Å². The maximum atomic E-state index is 11.7. The van der Waals surface area contributed by atoms with E-state index in [0.717, 1.165) is 11.1 Å². The molecule has 0 saturated heterocycles. The van der Waals surface area contributed by atoms with Crippen LogP contribution in [-0.2, 0) is 4.79 Å². The van der Waals surface area contributed by atoms with Crippen LogP contribution in [0.1, 0.15) is 17.5 Å². The molecule has 1 aromatic rings. The molecule has 0 fully saturated rings. The van der Waals surface area contributed by atoms with Gasteiger partial charge < -0.3 is 15.7 Å². The molecule has 0 aromatic heterocycles. The third-order valence-corrected chi connectivity index (χ3v) is 2.64. The number of carbonyl (C=O) groups excluding carboxylic acids is 1. The number of carboxylic acids is 1. The quantitative estimate of drug-likeness (QED) is 0.713. The minimum absolute atomic E-state index is 0.176. The molecule has 3 N–H and O–H groups in total. The Morgan fingerprint density at radius 3 is 2.63 bits per heavy atom. The number of nitrogens with one attached hydrogen (secondary N) is 2. The second kappa shape index (κ2) is 6.58. The maximum Gasteiger partial charge on any atom is 0.326 e.